The van der Waals surface area contributed by atoms with Crippen molar-refractivity contribution >= 4 is 17.3 Å². The number of nitrogens with zero attached hydrogens (tertiary/aromatic N) is 2. The molecule has 8 nitrogen and oxygen atoms in total. The summed E-state index contributed by atoms with van der Waals surface area (Å²) in [5, 5.41) is 14.5. The van der Waals surface area contributed by atoms with Crippen molar-refractivity contribution in [3.63, 3.8) is 0 Å². The lowest BCUT2D eigenvalue weighted by Gasteiger charge is -2.24. The average Bonchev–Trinajstić information content (AvgIpc) is 2.97. The van der Waals surface area contributed by atoms with Crippen LogP contribution < -0.4 is 15.1 Å². The molecule has 148 valence electrons. The average molecular weight is 377 g/mol. The van der Waals surface area contributed by atoms with E-state index in [2.05, 4.69) is 10.2 Å². The zero-order chi connectivity index (χ0) is 19.1. The Morgan fingerprint density at radius 2 is 1.89 bits per heavy atom. The molecule has 1 aromatic rings. The molecule has 0 radical (unpaired) electrons. The van der Waals surface area contributed by atoms with Gasteiger partial charge in [-0.25, -0.2) is 0 Å². The van der Waals surface area contributed by atoms with E-state index in [1.54, 1.807) is 12.1 Å². The normalized spacial score (nSPS) is 18.7. The standard InChI is InChI=1S/C19H28N4O4/c24-19(20-7-10-21-11-13-27-14-12-21)16-5-6-17(18(15-16)23(25)26)22-8-3-1-2-4-9-22/h5-6,15H,1-4,7-14H2,(H,20,24)/p+1. The highest BCUT2D eigenvalue weighted by atomic mass is 16.6. The Bertz CT molecular complexity index is 653. The third kappa shape index (κ3) is 5.40. The van der Waals surface area contributed by atoms with Gasteiger partial charge < -0.3 is 19.9 Å². The third-order valence-corrected chi connectivity index (χ3v) is 5.35. The molecule has 0 spiro atoms. The van der Waals surface area contributed by atoms with Gasteiger partial charge in [-0.15, -0.1) is 0 Å². The first-order valence-electron chi connectivity index (χ1n) is 9.88. The van der Waals surface area contributed by atoms with Crippen LogP contribution in [-0.4, -0.2) is 63.3 Å². The minimum Gasteiger partial charge on any atom is -0.370 e. The first kappa shape index (κ1) is 19.6. The van der Waals surface area contributed by atoms with Gasteiger partial charge in [-0.05, 0) is 25.0 Å². The maximum atomic E-state index is 12.4. The molecule has 8 heteroatoms. The number of anilines is 1. The van der Waals surface area contributed by atoms with E-state index in [0.29, 0.717) is 17.8 Å². The molecule has 0 aliphatic carbocycles. The summed E-state index contributed by atoms with van der Waals surface area (Å²) in [6.45, 7) is 6.46. The fourth-order valence-corrected chi connectivity index (χ4v) is 3.75. The fraction of sp³-hybridized carbons (Fsp3) is 0.632. The SMILES string of the molecule is O=C(NCC[NH+]1CCOCC1)c1ccc(N2CCCCCC2)c([N+](=O)[O-])c1. The largest absolute Gasteiger partial charge is 0.370 e. The zero-order valence-electron chi connectivity index (χ0n) is 15.7. The molecule has 3 rings (SSSR count). The maximum Gasteiger partial charge on any atom is 0.293 e. The van der Waals surface area contributed by atoms with Crippen LogP contribution in [0.1, 0.15) is 36.0 Å². The summed E-state index contributed by atoms with van der Waals surface area (Å²) < 4.78 is 5.33. The molecule has 0 saturated carbocycles. The number of hydrogen-bond donors (Lipinski definition) is 2. The monoisotopic (exact) mass is 377 g/mol. The minimum absolute atomic E-state index is 0.0170. The van der Waals surface area contributed by atoms with Gasteiger partial charge in [-0.2, -0.15) is 0 Å². The highest BCUT2D eigenvalue weighted by Crippen LogP contribution is 2.31. The highest BCUT2D eigenvalue weighted by molar-refractivity contribution is 5.95. The van der Waals surface area contributed by atoms with Gasteiger partial charge in [0, 0.05) is 24.7 Å². The Morgan fingerprint density at radius 1 is 1.19 bits per heavy atom. The summed E-state index contributed by atoms with van der Waals surface area (Å²) in [6, 6.07) is 4.84. The Balaban J connectivity index is 1.63. The Labute approximate surface area is 159 Å². The Hall–Kier alpha value is -2.19. The Kier molecular flexibility index (Phi) is 7.00. The number of nitrogens with one attached hydrogen (secondary N) is 2. The predicted octanol–water partition coefficient (Wildman–Crippen LogP) is 0.620. The zero-order valence-corrected chi connectivity index (χ0v) is 15.7. The van der Waals surface area contributed by atoms with Crippen LogP contribution in [0.15, 0.2) is 18.2 Å². The number of nitro benzene ring substituents is 1. The van der Waals surface area contributed by atoms with E-state index in [1.807, 2.05) is 0 Å². The van der Waals surface area contributed by atoms with E-state index < -0.39 is 0 Å². The topological polar surface area (TPSA) is 89.2 Å². The number of ether oxygens (including phenoxy) is 1. The van der Waals surface area contributed by atoms with Gasteiger partial charge in [0.05, 0.1) is 31.2 Å². The van der Waals surface area contributed by atoms with Gasteiger partial charge in [0.25, 0.3) is 11.6 Å². The molecule has 0 atom stereocenters. The number of quaternary nitrogens is 1. The van der Waals surface area contributed by atoms with Gasteiger partial charge >= 0.3 is 0 Å². The first-order chi connectivity index (χ1) is 13.1. The van der Waals surface area contributed by atoms with Crippen LogP contribution in [0.3, 0.4) is 0 Å². The maximum absolute atomic E-state index is 12.4. The smallest absolute Gasteiger partial charge is 0.293 e. The lowest BCUT2D eigenvalue weighted by molar-refractivity contribution is -0.906. The molecule has 2 heterocycles. The third-order valence-electron chi connectivity index (χ3n) is 5.35. The molecule has 0 unspecified atom stereocenters. The summed E-state index contributed by atoms with van der Waals surface area (Å²) in [4.78, 5) is 27.1. The summed E-state index contributed by atoms with van der Waals surface area (Å²) >= 11 is 0. The molecule has 2 saturated heterocycles. The molecule has 0 bridgehead atoms. The van der Waals surface area contributed by atoms with E-state index in [-0.39, 0.29) is 16.5 Å². The molecule has 1 aromatic carbocycles. The van der Waals surface area contributed by atoms with Crippen LogP contribution in [-0.2, 0) is 4.74 Å². The van der Waals surface area contributed by atoms with Crippen molar-refractivity contribution in [3.8, 4) is 0 Å². The Morgan fingerprint density at radius 3 is 2.56 bits per heavy atom. The summed E-state index contributed by atoms with van der Waals surface area (Å²) in [5.41, 5.74) is 0.983. The van der Waals surface area contributed by atoms with E-state index in [0.717, 1.165) is 71.6 Å². The van der Waals surface area contributed by atoms with Crippen LogP contribution in [0.2, 0.25) is 0 Å². The van der Waals surface area contributed by atoms with Crippen LogP contribution in [0.4, 0.5) is 11.4 Å². The summed E-state index contributed by atoms with van der Waals surface area (Å²) in [7, 11) is 0. The molecular formula is C19H29N4O4+. The molecule has 2 aliphatic heterocycles. The second-order valence-electron chi connectivity index (χ2n) is 7.23. The van der Waals surface area contributed by atoms with Gasteiger partial charge in [0.1, 0.15) is 18.8 Å². The summed E-state index contributed by atoms with van der Waals surface area (Å²) in [6.07, 6.45) is 4.42. The minimum atomic E-state index is -0.380. The van der Waals surface area contributed by atoms with Gasteiger partial charge in [0.2, 0.25) is 0 Å². The lowest BCUT2D eigenvalue weighted by Crippen LogP contribution is -3.14. The van der Waals surface area contributed by atoms with Crippen LogP contribution in [0.5, 0.6) is 0 Å². The number of amides is 1. The lowest BCUT2D eigenvalue weighted by atomic mass is 10.1. The second-order valence-corrected chi connectivity index (χ2v) is 7.23. The summed E-state index contributed by atoms with van der Waals surface area (Å²) in [5.74, 6) is -0.256. The van der Waals surface area contributed by atoms with Crippen molar-refractivity contribution in [3.05, 3.63) is 33.9 Å². The molecule has 2 N–H and O–H groups in total. The number of morpholine rings is 1. The van der Waals surface area contributed by atoms with Crippen molar-refractivity contribution in [1.82, 2.24) is 5.32 Å². The number of hydrogen-bond acceptors (Lipinski definition) is 5. The van der Waals surface area contributed by atoms with Crippen LogP contribution in [0.25, 0.3) is 0 Å². The molecule has 27 heavy (non-hydrogen) atoms. The highest BCUT2D eigenvalue weighted by Gasteiger charge is 2.23. The number of nitro groups is 1. The number of rotatable bonds is 6. The van der Waals surface area contributed by atoms with E-state index in [1.165, 1.54) is 11.0 Å². The molecule has 2 aliphatic rings. The van der Waals surface area contributed by atoms with E-state index >= 15 is 0 Å². The van der Waals surface area contributed by atoms with Crippen molar-refractivity contribution < 1.29 is 19.4 Å². The van der Waals surface area contributed by atoms with Crippen molar-refractivity contribution in [2.75, 3.05) is 57.4 Å². The van der Waals surface area contributed by atoms with Crippen LogP contribution >= 0.6 is 0 Å². The van der Waals surface area contributed by atoms with Crippen LogP contribution in [0, 0.1) is 10.1 Å². The molecule has 2 fully saturated rings. The second kappa shape index (κ2) is 9.66. The number of carbonyl (C=O) groups is 1. The number of benzene rings is 1. The van der Waals surface area contributed by atoms with E-state index in [9.17, 15) is 14.9 Å². The first-order valence-corrected chi connectivity index (χ1v) is 9.88. The molecule has 1 amide bonds. The predicted molar refractivity (Wildman–Crippen MR) is 102 cm³/mol. The molecule has 0 aromatic heterocycles. The van der Waals surface area contributed by atoms with Crippen molar-refractivity contribution in [1.29, 1.82) is 0 Å². The fourth-order valence-electron chi connectivity index (χ4n) is 3.75. The van der Waals surface area contributed by atoms with Gasteiger partial charge in [-0.1, -0.05) is 12.8 Å². The van der Waals surface area contributed by atoms with Gasteiger partial charge in [-0.3, -0.25) is 14.9 Å². The van der Waals surface area contributed by atoms with E-state index in [4.69, 9.17) is 4.74 Å². The molecular weight excluding hydrogens is 348 g/mol. The van der Waals surface area contributed by atoms with Crippen molar-refractivity contribution in [2.45, 2.75) is 25.7 Å². The quantitative estimate of drug-likeness (QED) is 0.560. The van der Waals surface area contributed by atoms with Crippen molar-refractivity contribution in [2.24, 2.45) is 0 Å². The number of carbonyl (C=O) groups excluding carboxylic acids is 1. The van der Waals surface area contributed by atoms with Gasteiger partial charge in [0.15, 0.2) is 0 Å².